The molecule has 0 saturated carbocycles. The highest BCUT2D eigenvalue weighted by Gasteiger charge is 2.27. The molecule has 0 unspecified atom stereocenters. The Morgan fingerprint density at radius 3 is 2.54 bits per heavy atom. The molecular formula is C18H23N3O4S. The monoisotopic (exact) mass is 377 g/mol. The van der Waals surface area contributed by atoms with Gasteiger partial charge in [0.25, 0.3) is 0 Å². The normalized spacial score (nSPS) is 17.1. The van der Waals surface area contributed by atoms with Crippen molar-refractivity contribution in [3.8, 4) is 0 Å². The Morgan fingerprint density at radius 1 is 1.12 bits per heavy atom. The smallest absolute Gasteiger partial charge is 0.409 e. The van der Waals surface area contributed by atoms with Gasteiger partial charge >= 0.3 is 6.09 Å². The molecule has 1 fully saturated rings. The third-order valence-electron chi connectivity index (χ3n) is 4.52. The van der Waals surface area contributed by atoms with Crippen LogP contribution in [0.15, 0.2) is 29.2 Å². The number of rotatable bonds is 4. The fourth-order valence-electron chi connectivity index (χ4n) is 3.12. The lowest BCUT2D eigenvalue weighted by Gasteiger charge is -2.35. The molecule has 3 amide bonds. The summed E-state index contributed by atoms with van der Waals surface area (Å²) in [6, 6.07) is 7.77. The molecule has 1 aromatic carbocycles. The second-order valence-corrected chi connectivity index (χ2v) is 7.14. The van der Waals surface area contributed by atoms with Crippen LogP contribution in [0.25, 0.3) is 0 Å². The fourth-order valence-corrected chi connectivity index (χ4v) is 4.05. The molecule has 0 spiro atoms. The lowest BCUT2D eigenvalue weighted by Crippen LogP contribution is -2.51. The SMILES string of the molecule is CCOC(=O)N1CCN(C(=O)CCN2C(=O)CSc3ccccc32)CC1. The van der Waals surface area contributed by atoms with E-state index in [1.165, 1.54) is 11.8 Å². The summed E-state index contributed by atoms with van der Waals surface area (Å²) >= 11 is 1.53. The summed E-state index contributed by atoms with van der Waals surface area (Å²) in [7, 11) is 0. The number of hydrogen-bond acceptors (Lipinski definition) is 5. The number of fused-ring (bicyclic) bond motifs is 1. The fraction of sp³-hybridized carbons (Fsp3) is 0.500. The molecule has 0 radical (unpaired) electrons. The first-order valence-electron chi connectivity index (χ1n) is 8.82. The zero-order valence-corrected chi connectivity index (χ0v) is 15.7. The molecule has 0 aromatic heterocycles. The van der Waals surface area contributed by atoms with Crippen molar-refractivity contribution in [1.82, 2.24) is 9.80 Å². The Morgan fingerprint density at radius 2 is 1.81 bits per heavy atom. The second kappa shape index (κ2) is 8.44. The van der Waals surface area contributed by atoms with E-state index >= 15 is 0 Å². The summed E-state index contributed by atoms with van der Waals surface area (Å²) in [5.74, 6) is 0.453. The molecular weight excluding hydrogens is 354 g/mol. The number of carbonyl (C=O) groups is 3. The lowest BCUT2D eigenvalue weighted by atomic mass is 10.2. The standard InChI is InChI=1S/C18H23N3O4S/c1-2-25-18(24)20-11-9-19(10-12-20)16(22)7-8-21-14-5-3-4-6-15(14)26-13-17(21)23/h3-6H,2,7-13H2,1H3. The maximum Gasteiger partial charge on any atom is 0.409 e. The van der Waals surface area contributed by atoms with Crippen molar-refractivity contribution >= 4 is 35.4 Å². The Bertz CT molecular complexity index is 689. The van der Waals surface area contributed by atoms with Crippen LogP contribution in [0.5, 0.6) is 0 Å². The molecule has 1 saturated heterocycles. The average molecular weight is 377 g/mol. The number of nitrogens with zero attached hydrogens (tertiary/aromatic N) is 3. The summed E-state index contributed by atoms with van der Waals surface area (Å²) in [4.78, 5) is 42.6. The number of para-hydroxylation sites is 1. The van der Waals surface area contributed by atoms with Gasteiger partial charge in [-0.2, -0.15) is 0 Å². The molecule has 0 bridgehead atoms. The van der Waals surface area contributed by atoms with Crippen molar-refractivity contribution in [1.29, 1.82) is 0 Å². The largest absolute Gasteiger partial charge is 0.450 e. The van der Waals surface area contributed by atoms with Crippen LogP contribution >= 0.6 is 11.8 Å². The van der Waals surface area contributed by atoms with Gasteiger partial charge in [0, 0.05) is 44.0 Å². The zero-order chi connectivity index (χ0) is 18.5. The summed E-state index contributed by atoms with van der Waals surface area (Å²) < 4.78 is 4.99. The topological polar surface area (TPSA) is 70.2 Å². The Labute approximate surface area is 157 Å². The highest BCUT2D eigenvalue weighted by atomic mass is 32.2. The third kappa shape index (κ3) is 4.12. The van der Waals surface area contributed by atoms with E-state index in [9.17, 15) is 14.4 Å². The van der Waals surface area contributed by atoms with Crippen LogP contribution in [0, 0.1) is 0 Å². The zero-order valence-electron chi connectivity index (χ0n) is 14.8. The van der Waals surface area contributed by atoms with Gasteiger partial charge in [0.2, 0.25) is 11.8 Å². The lowest BCUT2D eigenvalue weighted by molar-refractivity contribution is -0.132. The van der Waals surface area contributed by atoms with Gasteiger partial charge in [-0.25, -0.2) is 4.79 Å². The van der Waals surface area contributed by atoms with Crippen LogP contribution in [0.4, 0.5) is 10.5 Å². The van der Waals surface area contributed by atoms with Gasteiger partial charge in [-0.15, -0.1) is 11.8 Å². The van der Waals surface area contributed by atoms with Crippen molar-refractivity contribution in [2.75, 3.05) is 50.0 Å². The molecule has 0 atom stereocenters. The number of hydrogen-bond donors (Lipinski definition) is 0. The van der Waals surface area contributed by atoms with E-state index in [-0.39, 0.29) is 24.3 Å². The predicted octanol–water partition coefficient (Wildman–Crippen LogP) is 1.82. The first-order valence-corrected chi connectivity index (χ1v) is 9.80. The highest BCUT2D eigenvalue weighted by molar-refractivity contribution is 8.00. The van der Waals surface area contributed by atoms with Crippen LogP contribution in [0.1, 0.15) is 13.3 Å². The first-order chi connectivity index (χ1) is 12.6. The number of ether oxygens (including phenoxy) is 1. The van der Waals surface area contributed by atoms with Gasteiger partial charge in [0.1, 0.15) is 0 Å². The van der Waals surface area contributed by atoms with E-state index in [1.807, 2.05) is 24.3 Å². The molecule has 0 aliphatic carbocycles. The maximum atomic E-state index is 12.5. The van der Waals surface area contributed by atoms with Crippen molar-refractivity contribution in [2.24, 2.45) is 0 Å². The minimum absolute atomic E-state index is 0.0111. The highest BCUT2D eigenvalue weighted by Crippen LogP contribution is 2.34. The number of carbonyl (C=O) groups excluding carboxylic acids is 3. The molecule has 8 heteroatoms. The van der Waals surface area contributed by atoms with Gasteiger partial charge in [0.05, 0.1) is 18.0 Å². The van der Waals surface area contributed by atoms with E-state index in [2.05, 4.69) is 0 Å². The molecule has 2 aliphatic rings. The molecule has 3 rings (SSSR count). The van der Waals surface area contributed by atoms with Gasteiger partial charge in [-0.1, -0.05) is 12.1 Å². The van der Waals surface area contributed by atoms with E-state index < -0.39 is 0 Å². The third-order valence-corrected chi connectivity index (χ3v) is 5.56. The number of thioether (sulfide) groups is 1. The number of benzene rings is 1. The Hall–Kier alpha value is -2.22. The Kier molecular flexibility index (Phi) is 6.03. The molecule has 26 heavy (non-hydrogen) atoms. The van der Waals surface area contributed by atoms with Crippen molar-refractivity contribution in [3.63, 3.8) is 0 Å². The van der Waals surface area contributed by atoms with Crippen LogP contribution in [0.3, 0.4) is 0 Å². The number of piperazine rings is 1. The second-order valence-electron chi connectivity index (χ2n) is 6.12. The van der Waals surface area contributed by atoms with Crippen molar-refractivity contribution in [2.45, 2.75) is 18.2 Å². The summed E-state index contributed by atoms with van der Waals surface area (Å²) in [5, 5.41) is 0. The van der Waals surface area contributed by atoms with E-state index in [1.54, 1.807) is 21.6 Å². The molecule has 2 heterocycles. The van der Waals surface area contributed by atoms with Gasteiger partial charge in [-0.3, -0.25) is 9.59 Å². The van der Waals surface area contributed by atoms with Crippen molar-refractivity contribution < 1.29 is 19.1 Å². The summed E-state index contributed by atoms with van der Waals surface area (Å²) in [6.07, 6.45) is -0.0444. The molecule has 7 nitrogen and oxygen atoms in total. The van der Waals surface area contributed by atoms with Crippen LogP contribution in [-0.4, -0.2) is 72.8 Å². The van der Waals surface area contributed by atoms with E-state index in [0.717, 1.165) is 10.6 Å². The number of amides is 3. The minimum Gasteiger partial charge on any atom is -0.450 e. The van der Waals surface area contributed by atoms with Crippen LogP contribution in [0.2, 0.25) is 0 Å². The minimum atomic E-state index is -0.326. The molecule has 1 aromatic rings. The number of anilines is 1. The van der Waals surface area contributed by atoms with Crippen molar-refractivity contribution in [3.05, 3.63) is 24.3 Å². The molecule has 0 N–H and O–H groups in total. The first kappa shape index (κ1) is 18.6. The molecule has 2 aliphatic heterocycles. The predicted molar refractivity (Wildman–Crippen MR) is 99.3 cm³/mol. The van der Waals surface area contributed by atoms with Crippen LogP contribution in [-0.2, 0) is 14.3 Å². The summed E-state index contributed by atoms with van der Waals surface area (Å²) in [6.45, 7) is 4.46. The van der Waals surface area contributed by atoms with Gasteiger partial charge < -0.3 is 19.4 Å². The quantitative estimate of drug-likeness (QED) is 0.800. The van der Waals surface area contributed by atoms with Crippen LogP contribution < -0.4 is 4.90 Å². The van der Waals surface area contributed by atoms with Gasteiger partial charge in [-0.05, 0) is 19.1 Å². The van der Waals surface area contributed by atoms with E-state index in [0.29, 0.717) is 45.1 Å². The average Bonchev–Trinajstić information content (AvgIpc) is 2.67. The van der Waals surface area contributed by atoms with E-state index in [4.69, 9.17) is 4.74 Å². The summed E-state index contributed by atoms with van der Waals surface area (Å²) in [5.41, 5.74) is 0.883. The molecule has 140 valence electrons. The maximum absolute atomic E-state index is 12.5. The van der Waals surface area contributed by atoms with Gasteiger partial charge in [0.15, 0.2) is 0 Å². The Balaban J connectivity index is 1.52.